The first-order chi connectivity index (χ1) is 15.2. The summed E-state index contributed by atoms with van der Waals surface area (Å²) in [4.78, 5) is 25.1. The molecule has 1 saturated carbocycles. The van der Waals surface area contributed by atoms with Crippen molar-refractivity contribution in [3.8, 4) is 0 Å². The zero-order chi connectivity index (χ0) is 21.2. The van der Waals surface area contributed by atoms with Gasteiger partial charge in [0.05, 0.1) is 24.9 Å². The second kappa shape index (κ2) is 8.85. The number of hydrogen-bond donors (Lipinski definition) is 2. The van der Waals surface area contributed by atoms with Gasteiger partial charge < -0.3 is 19.5 Å². The molecule has 2 N–H and O–H groups in total. The fourth-order valence-corrected chi connectivity index (χ4v) is 4.97. The maximum Gasteiger partial charge on any atom is 0.412 e. The summed E-state index contributed by atoms with van der Waals surface area (Å²) < 4.78 is 17.4. The van der Waals surface area contributed by atoms with E-state index in [-0.39, 0.29) is 36.7 Å². The van der Waals surface area contributed by atoms with E-state index >= 15 is 0 Å². The number of rotatable bonds is 4. The highest BCUT2D eigenvalue weighted by Crippen LogP contribution is 2.31. The predicted molar refractivity (Wildman–Crippen MR) is 116 cm³/mol. The Morgan fingerprint density at radius 2 is 1.68 bits per heavy atom. The van der Waals surface area contributed by atoms with Crippen molar-refractivity contribution in [2.24, 2.45) is 5.92 Å². The van der Waals surface area contributed by atoms with Crippen molar-refractivity contribution in [1.29, 1.82) is 0 Å². The zero-order valence-electron chi connectivity index (χ0n) is 17.4. The molecular formula is C24H28N2O5. The number of fused-ring (bicyclic) bond motifs is 2. The summed E-state index contributed by atoms with van der Waals surface area (Å²) in [5.74, 6) is 0.184. The zero-order valence-corrected chi connectivity index (χ0v) is 17.4. The lowest BCUT2D eigenvalue weighted by molar-refractivity contribution is -0.127. The molecule has 4 atom stereocenters. The number of hydrogen-bond acceptors (Lipinski definition) is 5. The van der Waals surface area contributed by atoms with Gasteiger partial charge in [0, 0.05) is 11.3 Å². The lowest BCUT2D eigenvalue weighted by Crippen LogP contribution is -2.46. The maximum atomic E-state index is 12.6. The van der Waals surface area contributed by atoms with Crippen LogP contribution in [0, 0.1) is 5.92 Å². The van der Waals surface area contributed by atoms with Crippen molar-refractivity contribution in [3.63, 3.8) is 0 Å². The molecule has 0 bridgehead atoms. The highest BCUT2D eigenvalue weighted by molar-refractivity contribution is 6.00. The number of amides is 2. The second-order valence-electron chi connectivity index (χ2n) is 8.64. The molecule has 0 radical (unpaired) electrons. The fourth-order valence-electron chi connectivity index (χ4n) is 4.97. The first-order valence-electron chi connectivity index (χ1n) is 11.2. The summed E-state index contributed by atoms with van der Waals surface area (Å²) >= 11 is 0. The van der Waals surface area contributed by atoms with Gasteiger partial charge in [0.1, 0.15) is 12.2 Å². The molecule has 2 aliphatic heterocycles. The van der Waals surface area contributed by atoms with Gasteiger partial charge in [0.15, 0.2) is 6.10 Å². The number of ether oxygens (including phenoxy) is 3. The Hall–Kier alpha value is -2.64. The van der Waals surface area contributed by atoms with Gasteiger partial charge in [-0.25, -0.2) is 4.79 Å². The van der Waals surface area contributed by atoms with E-state index in [9.17, 15) is 9.59 Å². The van der Waals surface area contributed by atoms with Gasteiger partial charge in [-0.2, -0.15) is 0 Å². The van der Waals surface area contributed by atoms with Gasteiger partial charge in [-0.3, -0.25) is 10.1 Å². The maximum absolute atomic E-state index is 12.6. The van der Waals surface area contributed by atoms with E-state index in [2.05, 4.69) is 10.6 Å². The Morgan fingerprint density at radius 3 is 2.55 bits per heavy atom. The van der Waals surface area contributed by atoms with Gasteiger partial charge in [-0.1, -0.05) is 55.7 Å². The van der Waals surface area contributed by atoms with E-state index < -0.39 is 12.2 Å². The quantitative estimate of drug-likeness (QED) is 0.783. The van der Waals surface area contributed by atoms with Crippen LogP contribution in [0.5, 0.6) is 0 Å². The van der Waals surface area contributed by atoms with E-state index in [1.165, 1.54) is 6.42 Å². The van der Waals surface area contributed by atoms with Crippen molar-refractivity contribution in [2.75, 3.05) is 18.5 Å². The highest BCUT2D eigenvalue weighted by Gasteiger charge is 2.50. The van der Waals surface area contributed by atoms with E-state index in [1.807, 2.05) is 42.5 Å². The van der Waals surface area contributed by atoms with Gasteiger partial charge in [0.25, 0.3) is 0 Å². The van der Waals surface area contributed by atoms with Gasteiger partial charge in [0.2, 0.25) is 5.91 Å². The van der Waals surface area contributed by atoms with Crippen LogP contribution in [-0.2, 0) is 19.0 Å². The average Bonchev–Trinajstić information content (AvgIpc) is 3.38. The van der Waals surface area contributed by atoms with Crippen LogP contribution in [0.2, 0.25) is 0 Å². The van der Waals surface area contributed by atoms with Crippen LogP contribution < -0.4 is 10.6 Å². The highest BCUT2D eigenvalue weighted by atomic mass is 16.6. The van der Waals surface area contributed by atoms with Crippen LogP contribution >= 0.6 is 0 Å². The number of nitrogens with one attached hydrogen (secondary N) is 2. The second-order valence-corrected chi connectivity index (χ2v) is 8.64. The van der Waals surface area contributed by atoms with Crippen LogP contribution in [-0.4, -0.2) is 49.6 Å². The number of carbonyl (C=O) groups is 2. The van der Waals surface area contributed by atoms with Crippen LogP contribution in [0.4, 0.5) is 10.5 Å². The van der Waals surface area contributed by atoms with E-state index in [1.54, 1.807) is 0 Å². The number of anilines is 1. The molecular weight excluding hydrogens is 396 g/mol. The first-order valence-corrected chi connectivity index (χ1v) is 11.2. The predicted octanol–water partition coefficient (Wildman–Crippen LogP) is 3.62. The number of carbonyl (C=O) groups excluding carboxylic acids is 2. The summed E-state index contributed by atoms with van der Waals surface area (Å²) in [5.41, 5.74) is 0.698. The Bertz CT molecular complexity index is 953. The normalized spacial score (nSPS) is 28.3. The third kappa shape index (κ3) is 4.25. The Balaban J connectivity index is 1.17. The molecule has 5 rings (SSSR count). The SMILES string of the molecule is O=C(Nc1cccc2ccccc12)O[C@@H]1CO[C@H]2[C@@H]1OC[C@@H]2NC(=O)C1CCCCC1. The van der Waals surface area contributed by atoms with Crippen molar-refractivity contribution >= 4 is 28.5 Å². The van der Waals surface area contributed by atoms with E-state index in [0.717, 1.165) is 36.5 Å². The molecule has 7 nitrogen and oxygen atoms in total. The van der Waals surface area contributed by atoms with E-state index in [4.69, 9.17) is 14.2 Å². The molecule has 0 unspecified atom stereocenters. The molecule has 0 aromatic heterocycles. The molecule has 31 heavy (non-hydrogen) atoms. The largest absolute Gasteiger partial charge is 0.441 e. The Kier molecular flexibility index (Phi) is 5.78. The number of benzene rings is 2. The minimum atomic E-state index is -0.538. The summed E-state index contributed by atoms with van der Waals surface area (Å²) in [6, 6.07) is 13.4. The molecule has 164 valence electrons. The topological polar surface area (TPSA) is 85.9 Å². The van der Waals surface area contributed by atoms with Crippen molar-refractivity contribution in [1.82, 2.24) is 5.32 Å². The molecule has 2 amide bonds. The van der Waals surface area contributed by atoms with Gasteiger partial charge in [-0.05, 0) is 24.3 Å². The molecule has 3 fully saturated rings. The van der Waals surface area contributed by atoms with Gasteiger partial charge in [-0.15, -0.1) is 0 Å². The molecule has 2 heterocycles. The molecule has 2 aromatic carbocycles. The third-order valence-electron chi connectivity index (χ3n) is 6.60. The smallest absolute Gasteiger partial charge is 0.412 e. The molecule has 0 spiro atoms. The van der Waals surface area contributed by atoms with Crippen molar-refractivity contribution < 1.29 is 23.8 Å². The average molecular weight is 424 g/mol. The summed E-state index contributed by atoms with van der Waals surface area (Å²) in [6.07, 6.45) is 3.65. The third-order valence-corrected chi connectivity index (χ3v) is 6.60. The molecule has 1 aliphatic carbocycles. The summed E-state index contributed by atoms with van der Waals surface area (Å²) in [5, 5.41) is 7.94. The van der Waals surface area contributed by atoms with Crippen molar-refractivity contribution in [3.05, 3.63) is 42.5 Å². The minimum Gasteiger partial charge on any atom is -0.441 e. The minimum absolute atomic E-state index is 0.0905. The van der Waals surface area contributed by atoms with Crippen LogP contribution in [0.15, 0.2) is 42.5 Å². The van der Waals surface area contributed by atoms with Crippen LogP contribution in [0.3, 0.4) is 0 Å². The molecule has 2 aromatic rings. The summed E-state index contributed by atoms with van der Waals surface area (Å²) in [7, 11) is 0. The van der Waals surface area contributed by atoms with Crippen molar-refractivity contribution in [2.45, 2.75) is 56.5 Å². The fraction of sp³-hybridized carbons (Fsp3) is 0.500. The molecule has 7 heteroatoms. The van der Waals surface area contributed by atoms with Crippen LogP contribution in [0.25, 0.3) is 10.8 Å². The lowest BCUT2D eigenvalue weighted by Gasteiger charge is -2.24. The first kappa shape index (κ1) is 20.3. The lowest BCUT2D eigenvalue weighted by atomic mass is 9.88. The monoisotopic (exact) mass is 424 g/mol. The molecule has 2 saturated heterocycles. The Labute approximate surface area is 181 Å². The Morgan fingerprint density at radius 1 is 0.903 bits per heavy atom. The summed E-state index contributed by atoms with van der Waals surface area (Å²) in [6.45, 7) is 0.632. The van der Waals surface area contributed by atoms with Crippen LogP contribution in [0.1, 0.15) is 32.1 Å². The van der Waals surface area contributed by atoms with E-state index in [0.29, 0.717) is 12.3 Å². The standard InChI is InChI=1S/C24H28N2O5/c27-23(16-8-2-1-3-9-16)25-19-13-29-22-20(14-30-21(19)22)31-24(28)26-18-12-6-10-15-7-4-5-11-17(15)18/h4-7,10-12,16,19-22H,1-3,8-9,13-14H2,(H,25,27)(H,26,28)/t19-,20+,21+,22+/m0/s1. The molecule has 3 aliphatic rings. The van der Waals surface area contributed by atoms with Gasteiger partial charge >= 0.3 is 6.09 Å².